The summed E-state index contributed by atoms with van der Waals surface area (Å²) in [5.41, 5.74) is 0.882. The number of nitrogens with two attached hydrogens (primary N) is 1. The molecule has 27 heavy (non-hydrogen) atoms. The van der Waals surface area contributed by atoms with Crippen molar-refractivity contribution in [3.63, 3.8) is 0 Å². The second-order valence-electron chi connectivity index (χ2n) is 5.72. The predicted octanol–water partition coefficient (Wildman–Crippen LogP) is 4.57. The maximum Gasteiger partial charge on any atom is 0.349 e. The maximum atomic E-state index is 11.7. The fourth-order valence-corrected chi connectivity index (χ4v) is 2.51. The lowest BCUT2D eigenvalue weighted by Gasteiger charge is -2.21. The van der Waals surface area contributed by atoms with Crippen LogP contribution in [0.3, 0.4) is 0 Å². The largest absolute Gasteiger partial charge is 0.478 e. The van der Waals surface area contributed by atoms with Crippen molar-refractivity contribution in [2.75, 3.05) is 5.12 Å². The molecule has 0 saturated carbocycles. The fraction of sp³-hybridized carbons (Fsp3) is 0.200. The Kier molecular flexibility index (Phi) is 7.85. The lowest BCUT2D eigenvalue weighted by atomic mass is 10.1. The molecular weight excluding hydrogens is 366 g/mol. The summed E-state index contributed by atoms with van der Waals surface area (Å²) in [6, 6.07) is 13.4. The number of hydrogen-bond donors (Lipinski definition) is 2. The minimum Gasteiger partial charge on any atom is -0.478 e. The molecule has 0 aliphatic carbocycles. The average Bonchev–Trinajstić information content (AvgIpc) is 2.67. The zero-order valence-electron chi connectivity index (χ0n) is 14.8. The molecule has 0 aliphatic heterocycles. The number of benzene rings is 2. The number of carboxylic acids is 1. The standard InChI is InChI=1S/C20H22ClN3O3/c1-2-3-4-8-13-23-24(22)17-14-16(21)11-12-18(17)27-19(20(25)26)15-9-6-5-7-10-15/h2,5-7,9-14,19H,1,3-4,8,22H2,(H,25,26)/b23-13-/t19-/m1/s1. The highest BCUT2D eigenvalue weighted by atomic mass is 35.5. The van der Waals surface area contributed by atoms with E-state index in [-0.39, 0.29) is 5.75 Å². The molecule has 0 unspecified atom stereocenters. The van der Waals surface area contributed by atoms with Crippen LogP contribution in [0.2, 0.25) is 5.02 Å². The SMILES string of the molecule is C=CCCC/C=N\N(N)c1cc(Cl)ccc1O[C@@H](C(=O)O)c1ccccc1. The lowest BCUT2D eigenvalue weighted by molar-refractivity contribution is -0.145. The van der Waals surface area contributed by atoms with Gasteiger partial charge >= 0.3 is 5.97 Å². The summed E-state index contributed by atoms with van der Waals surface area (Å²) in [6.07, 6.45) is 4.87. The third-order valence-electron chi connectivity index (χ3n) is 3.69. The summed E-state index contributed by atoms with van der Waals surface area (Å²) in [5, 5.41) is 15.3. The number of ether oxygens (including phenoxy) is 1. The van der Waals surface area contributed by atoms with Gasteiger partial charge in [-0.25, -0.2) is 10.6 Å². The molecule has 0 saturated heterocycles. The van der Waals surface area contributed by atoms with Crippen LogP contribution in [-0.2, 0) is 4.79 Å². The molecule has 0 fully saturated rings. The Hall–Kier alpha value is -2.83. The number of unbranched alkanes of at least 4 members (excludes halogenated alkanes) is 2. The van der Waals surface area contributed by atoms with Gasteiger partial charge in [0.1, 0.15) is 11.4 Å². The van der Waals surface area contributed by atoms with Crippen LogP contribution >= 0.6 is 11.6 Å². The smallest absolute Gasteiger partial charge is 0.349 e. The number of halogens is 1. The van der Waals surface area contributed by atoms with Gasteiger partial charge in [-0.1, -0.05) is 48.0 Å². The molecule has 3 N–H and O–H groups in total. The van der Waals surface area contributed by atoms with Gasteiger partial charge in [0, 0.05) is 16.8 Å². The van der Waals surface area contributed by atoms with Crippen molar-refractivity contribution in [2.45, 2.75) is 25.4 Å². The van der Waals surface area contributed by atoms with E-state index in [9.17, 15) is 9.90 Å². The van der Waals surface area contributed by atoms with Gasteiger partial charge in [0.25, 0.3) is 0 Å². The molecule has 1 atom stereocenters. The number of carboxylic acid groups (broad SMARTS) is 1. The van der Waals surface area contributed by atoms with Gasteiger partial charge in [0.2, 0.25) is 6.10 Å². The number of hydrogen-bond acceptors (Lipinski definition) is 5. The Bertz CT molecular complexity index is 796. The van der Waals surface area contributed by atoms with Gasteiger partial charge in [0.05, 0.1) is 0 Å². The average molecular weight is 388 g/mol. The highest BCUT2D eigenvalue weighted by Crippen LogP contribution is 2.33. The Balaban J connectivity index is 2.23. The van der Waals surface area contributed by atoms with Crippen LogP contribution in [0.5, 0.6) is 5.75 Å². The van der Waals surface area contributed by atoms with Crippen molar-refractivity contribution >= 4 is 29.5 Å². The molecule has 0 spiro atoms. The van der Waals surface area contributed by atoms with Crippen molar-refractivity contribution in [3.05, 3.63) is 71.8 Å². The van der Waals surface area contributed by atoms with E-state index in [2.05, 4.69) is 11.7 Å². The first-order valence-electron chi connectivity index (χ1n) is 8.45. The normalized spacial score (nSPS) is 11.9. The van der Waals surface area contributed by atoms with Crippen molar-refractivity contribution in [3.8, 4) is 5.75 Å². The van der Waals surface area contributed by atoms with Crippen LogP contribution in [-0.4, -0.2) is 17.3 Å². The Labute approximate surface area is 163 Å². The number of anilines is 1. The third-order valence-corrected chi connectivity index (χ3v) is 3.92. The molecule has 0 bridgehead atoms. The van der Waals surface area contributed by atoms with E-state index >= 15 is 0 Å². The van der Waals surface area contributed by atoms with Crippen LogP contribution in [0.1, 0.15) is 30.9 Å². The predicted molar refractivity (Wildman–Crippen MR) is 108 cm³/mol. The molecule has 2 aromatic carbocycles. The van der Waals surface area contributed by atoms with Gasteiger partial charge in [-0.05, 0) is 37.5 Å². The number of hydrazine groups is 1. The third kappa shape index (κ3) is 6.13. The van der Waals surface area contributed by atoms with Crippen molar-refractivity contribution in [2.24, 2.45) is 10.9 Å². The molecule has 6 nitrogen and oxygen atoms in total. The minimum absolute atomic E-state index is 0.265. The van der Waals surface area contributed by atoms with Crippen molar-refractivity contribution in [1.82, 2.24) is 0 Å². The van der Waals surface area contributed by atoms with E-state index in [1.165, 1.54) is 0 Å². The number of allylic oxidation sites excluding steroid dienone is 1. The molecule has 0 aromatic heterocycles. The second-order valence-corrected chi connectivity index (χ2v) is 6.16. The molecule has 2 aromatic rings. The minimum atomic E-state index is -1.18. The zero-order chi connectivity index (χ0) is 19.6. The molecule has 0 amide bonds. The highest BCUT2D eigenvalue weighted by molar-refractivity contribution is 6.30. The van der Waals surface area contributed by atoms with Gasteiger partial charge in [0.15, 0.2) is 0 Å². The van der Waals surface area contributed by atoms with E-state index < -0.39 is 12.1 Å². The Morgan fingerprint density at radius 3 is 2.70 bits per heavy atom. The first kappa shape index (κ1) is 20.5. The summed E-state index contributed by atoms with van der Waals surface area (Å²) < 4.78 is 5.75. The summed E-state index contributed by atoms with van der Waals surface area (Å²) in [7, 11) is 0. The summed E-state index contributed by atoms with van der Waals surface area (Å²) in [5.74, 6) is 5.15. The van der Waals surface area contributed by atoms with Gasteiger partial charge in [-0.15, -0.1) is 6.58 Å². The Morgan fingerprint density at radius 2 is 2.04 bits per heavy atom. The van der Waals surface area contributed by atoms with Crippen LogP contribution < -0.4 is 15.7 Å². The summed E-state index contributed by atoms with van der Waals surface area (Å²) in [4.78, 5) is 11.7. The quantitative estimate of drug-likeness (QED) is 0.205. The number of rotatable bonds is 10. The Morgan fingerprint density at radius 1 is 1.30 bits per heavy atom. The lowest BCUT2D eigenvalue weighted by Crippen LogP contribution is -2.26. The van der Waals surface area contributed by atoms with E-state index in [0.717, 1.165) is 24.4 Å². The first-order chi connectivity index (χ1) is 13.0. The monoisotopic (exact) mass is 387 g/mol. The van der Waals surface area contributed by atoms with Crippen molar-refractivity contribution < 1.29 is 14.6 Å². The molecule has 0 radical (unpaired) electrons. The molecule has 0 heterocycles. The van der Waals surface area contributed by atoms with Gasteiger partial charge < -0.3 is 9.84 Å². The fourth-order valence-electron chi connectivity index (χ4n) is 2.35. The summed E-state index contributed by atoms with van der Waals surface area (Å²) in [6.45, 7) is 3.67. The first-order valence-corrected chi connectivity index (χ1v) is 8.83. The van der Waals surface area contributed by atoms with Gasteiger partial charge in [-0.2, -0.15) is 10.2 Å². The zero-order valence-corrected chi connectivity index (χ0v) is 15.5. The molecule has 2 rings (SSSR count). The number of hydrazone groups is 1. The van der Waals surface area contributed by atoms with E-state index in [4.69, 9.17) is 22.2 Å². The van der Waals surface area contributed by atoms with Crippen LogP contribution in [0, 0.1) is 0 Å². The van der Waals surface area contributed by atoms with E-state index in [1.807, 2.05) is 6.08 Å². The molecular formula is C20H22ClN3O3. The van der Waals surface area contributed by atoms with E-state index in [0.29, 0.717) is 16.3 Å². The van der Waals surface area contributed by atoms with Crippen molar-refractivity contribution in [1.29, 1.82) is 0 Å². The molecule has 7 heteroatoms. The molecule has 142 valence electrons. The van der Waals surface area contributed by atoms with Crippen LogP contribution in [0.15, 0.2) is 66.3 Å². The van der Waals surface area contributed by atoms with Crippen LogP contribution in [0.25, 0.3) is 0 Å². The van der Waals surface area contributed by atoms with Crippen LogP contribution in [0.4, 0.5) is 5.69 Å². The molecule has 0 aliphatic rings. The number of aliphatic carboxylic acids is 1. The topological polar surface area (TPSA) is 88.1 Å². The highest BCUT2D eigenvalue weighted by Gasteiger charge is 2.23. The number of carbonyl (C=O) groups is 1. The second kappa shape index (κ2) is 10.4. The summed E-state index contributed by atoms with van der Waals surface area (Å²) >= 11 is 6.06. The van der Waals surface area contributed by atoms with E-state index in [1.54, 1.807) is 54.7 Å². The van der Waals surface area contributed by atoms with Gasteiger partial charge in [-0.3, -0.25) is 0 Å². The maximum absolute atomic E-state index is 11.7. The number of nitrogens with zero attached hydrogens (tertiary/aromatic N) is 2.